The average Bonchev–Trinajstić information content (AvgIpc) is 3.13. The number of hydrogen-bond acceptors (Lipinski definition) is 3. The van der Waals surface area contributed by atoms with Gasteiger partial charge in [0.1, 0.15) is 0 Å². The lowest BCUT2D eigenvalue weighted by Gasteiger charge is -2.13. The van der Waals surface area contributed by atoms with Crippen molar-refractivity contribution >= 4 is 22.6 Å². The van der Waals surface area contributed by atoms with Gasteiger partial charge < -0.3 is 5.32 Å². The summed E-state index contributed by atoms with van der Waals surface area (Å²) in [5, 5.41) is 3.46. The third-order valence-electron chi connectivity index (χ3n) is 3.31. The molecule has 1 aromatic heterocycles. The van der Waals surface area contributed by atoms with E-state index in [0.717, 1.165) is 21.7 Å². The first kappa shape index (κ1) is 13.0. The second-order valence-corrected chi connectivity index (χ2v) is 5.80. The summed E-state index contributed by atoms with van der Waals surface area (Å²) in [6, 6.07) is 0.572. The molecule has 94 valence electrons. The van der Waals surface area contributed by atoms with Crippen LogP contribution in [0.1, 0.15) is 25.5 Å². The van der Waals surface area contributed by atoms with Gasteiger partial charge in [0.15, 0.2) is 0 Å². The molecular formula is C12H18IN3O. The molecule has 1 fully saturated rings. The summed E-state index contributed by atoms with van der Waals surface area (Å²) in [5.74, 6) is 0.850. The van der Waals surface area contributed by atoms with Crippen molar-refractivity contribution in [2.75, 3.05) is 6.54 Å². The zero-order valence-electron chi connectivity index (χ0n) is 10.2. The van der Waals surface area contributed by atoms with Crippen LogP contribution < -0.4 is 10.9 Å². The topological polar surface area (TPSA) is 46.9 Å². The summed E-state index contributed by atoms with van der Waals surface area (Å²) in [6.45, 7) is 5.61. The third kappa shape index (κ3) is 3.28. The molecule has 1 atom stereocenters. The number of halogens is 1. The van der Waals surface area contributed by atoms with Crippen molar-refractivity contribution in [1.82, 2.24) is 14.9 Å². The van der Waals surface area contributed by atoms with Crippen molar-refractivity contribution < 1.29 is 0 Å². The van der Waals surface area contributed by atoms with E-state index in [4.69, 9.17) is 0 Å². The zero-order chi connectivity index (χ0) is 12.4. The quantitative estimate of drug-likeness (QED) is 0.822. The first-order valence-electron chi connectivity index (χ1n) is 6.04. The van der Waals surface area contributed by atoms with Crippen molar-refractivity contribution in [2.45, 2.75) is 39.3 Å². The Morgan fingerprint density at radius 3 is 3.00 bits per heavy atom. The molecule has 0 aromatic carbocycles. The molecule has 0 aliphatic heterocycles. The van der Waals surface area contributed by atoms with Crippen LogP contribution in [-0.4, -0.2) is 22.1 Å². The molecule has 0 spiro atoms. The molecule has 1 saturated carbocycles. The molecule has 1 aliphatic carbocycles. The maximum atomic E-state index is 11.9. The number of hydrogen-bond donors (Lipinski definition) is 1. The Morgan fingerprint density at radius 2 is 2.35 bits per heavy atom. The van der Waals surface area contributed by atoms with E-state index in [1.807, 2.05) is 6.92 Å². The summed E-state index contributed by atoms with van der Waals surface area (Å²) in [5.41, 5.74) is 0.880. The largest absolute Gasteiger partial charge is 0.312 e. The van der Waals surface area contributed by atoms with Gasteiger partial charge in [-0.2, -0.15) is 0 Å². The second kappa shape index (κ2) is 5.48. The van der Waals surface area contributed by atoms with E-state index in [-0.39, 0.29) is 5.56 Å². The van der Waals surface area contributed by atoms with Crippen LogP contribution in [-0.2, 0) is 6.54 Å². The van der Waals surface area contributed by atoms with Crippen molar-refractivity contribution in [3.05, 3.63) is 25.9 Å². The Hall–Kier alpha value is -0.430. The van der Waals surface area contributed by atoms with Gasteiger partial charge in [-0.05, 0) is 55.2 Å². The first-order valence-corrected chi connectivity index (χ1v) is 7.12. The summed E-state index contributed by atoms with van der Waals surface area (Å²) in [6.07, 6.45) is 4.33. The standard InChI is InChI=1S/C12H18IN3O/c1-8(10-3-4-10)14-5-6-16-7-15-9(2)11(13)12(16)17/h7-8,10,14H,3-6H2,1-2H3. The van der Waals surface area contributed by atoms with Gasteiger partial charge >= 0.3 is 0 Å². The molecule has 17 heavy (non-hydrogen) atoms. The minimum atomic E-state index is 0.0685. The van der Waals surface area contributed by atoms with E-state index in [1.54, 1.807) is 10.9 Å². The maximum absolute atomic E-state index is 11.9. The molecular weight excluding hydrogens is 329 g/mol. The number of nitrogens with zero attached hydrogens (tertiary/aromatic N) is 2. The van der Waals surface area contributed by atoms with Gasteiger partial charge in [-0.1, -0.05) is 0 Å². The van der Waals surface area contributed by atoms with Crippen molar-refractivity contribution in [2.24, 2.45) is 5.92 Å². The number of aromatic nitrogens is 2. The van der Waals surface area contributed by atoms with E-state index >= 15 is 0 Å². The number of rotatable bonds is 5. The van der Waals surface area contributed by atoms with Crippen LogP contribution in [0.25, 0.3) is 0 Å². The van der Waals surface area contributed by atoms with Gasteiger partial charge in [0.25, 0.3) is 5.56 Å². The van der Waals surface area contributed by atoms with Crippen LogP contribution in [0.5, 0.6) is 0 Å². The Labute approximate surface area is 115 Å². The van der Waals surface area contributed by atoms with Crippen LogP contribution in [0, 0.1) is 16.4 Å². The fourth-order valence-corrected chi connectivity index (χ4v) is 2.33. The van der Waals surface area contributed by atoms with Gasteiger partial charge in [0.2, 0.25) is 0 Å². The molecule has 4 nitrogen and oxygen atoms in total. The molecule has 5 heteroatoms. The molecule has 0 amide bonds. The average molecular weight is 347 g/mol. The molecule has 0 saturated heterocycles. The number of aryl methyl sites for hydroxylation is 1. The smallest absolute Gasteiger partial charge is 0.267 e. The summed E-state index contributed by atoms with van der Waals surface area (Å²) < 4.78 is 2.40. The Balaban J connectivity index is 1.90. The van der Waals surface area contributed by atoms with Crippen LogP contribution in [0.15, 0.2) is 11.1 Å². The third-order valence-corrected chi connectivity index (χ3v) is 4.55. The second-order valence-electron chi connectivity index (χ2n) is 4.72. The van der Waals surface area contributed by atoms with E-state index in [9.17, 15) is 4.79 Å². The predicted octanol–water partition coefficient (Wildman–Crippen LogP) is 1.54. The lowest BCUT2D eigenvalue weighted by atomic mass is 10.2. The Kier molecular flexibility index (Phi) is 4.19. The molecule has 2 rings (SSSR count). The summed E-state index contributed by atoms with van der Waals surface area (Å²) in [7, 11) is 0. The van der Waals surface area contributed by atoms with Crippen LogP contribution in [0.4, 0.5) is 0 Å². The maximum Gasteiger partial charge on any atom is 0.267 e. The molecule has 0 radical (unpaired) electrons. The van der Waals surface area contributed by atoms with E-state index in [2.05, 4.69) is 39.8 Å². The summed E-state index contributed by atoms with van der Waals surface area (Å²) in [4.78, 5) is 16.1. The highest BCUT2D eigenvalue weighted by atomic mass is 127. The fourth-order valence-electron chi connectivity index (χ4n) is 1.88. The molecule has 1 aromatic rings. The summed E-state index contributed by atoms with van der Waals surface area (Å²) >= 11 is 2.06. The van der Waals surface area contributed by atoms with Gasteiger partial charge in [0.05, 0.1) is 15.6 Å². The van der Waals surface area contributed by atoms with Gasteiger partial charge in [-0.3, -0.25) is 9.36 Å². The normalized spacial score (nSPS) is 17.1. The minimum absolute atomic E-state index is 0.0685. The van der Waals surface area contributed by atoms with Crippen molar-refractivity contribution in [3.63, 3.8) is 0 Å². The molecule has 1 unspecified atom stereocenters. The fraction of sp³-hybridized carbons (Fsp3) is 0.667. The van der Waals surface area contributed by atoms with E-state index in [0.29, 0.717) is 12.6 Å². The van der Waals surface area contributed by atoms with Crippen molar-refractivity contribution in [1.29, 1.82) is 0 Å². The van der Waals surface area contributed by atoms with Gasteiger partial charge in [-0.25, -0.2) is 4.98 Å². The highest BCUT2D eigenvalue weighted by Gasteiger charge is 2.27. The van der Waals surface area contributed by atoms with Crippen molar-refractivity contribution in [3.8, 4) is 0 Å². The highest BCUT2D eigenvalue weighted by molar-refractivity contribution is 14.1. The molecule has 0 bridgehead atoms. The molecule has 1 N–H and O–H groups in total. The molecule has 1 aliphatic rings. The zero-order valence-corrected chi connectivity index (χ0v) is 12.4. The Morgan fingerprint density at radius 1 is 1.65 bits per heavy atom. The number of nitrogens with one attached hydrogen (secondary N) is 1. The van der Waals surface area contributed by atoms with E-state index in [1.165, 1.54) is 12.8 Å². The van der Waals surface area contributed by atoms with Gasteiger partial charge in [-0.15, -0.1) is 0 Å². The monoisotopic (exact) mass is 347 g/mol. The lowest BCUT2D eigenvalue weighted by Crippen LogP contribution is -2.34. The first-order chi connectivity index (χ1) is 8.09. The SMILES string of the molecule is Cc1ncn(CCNC(C)C2CC2)c(=O)c1I. The lowest BCUT2D eigenvalue weighted by molar-refractivity contribution is 0.469. The molecule has 1 heterocycles. The van der Waals surface area contributed by atoms with Crippen LogP contribution in [0.3, 0.4) is 0 Å². The predicted molar refractivity (Wildman–Crippen MR) is 76.1 cm³/mol. The van der Waals surface area contributed by atoms with E-state index < -0.39 is 0 Å². The van der Waals surface area contributed by atoms with Gasteiger partial charge in [0, 0.05) is 19.1 Å². The minimum Gasteiger partial charge on any atom is -0.312 e. The Bertz CT molecular complexity index is 454. The highest BCUT2D eigenvalue weighted by Crippen LogP contribution is 2.32. The van der Waals surface area contributed by atoms with Crippen LogP contribution >= 0.6 is 22.6 Å². The van der Waals surface area contributed by atoms with Crippen LogP contribution in [0.2, 0.25) is 0 Å².